The Morgan fingerprint density at radius 1 is 1.24 bits per heavy atom. The molecule has 0 spiro atoms. The SMILES string of the molecule is CC(C)(C)CNC(=O)Cc1ccc(N)cc1.Cl. The van der Waals surface area contributed by atoms with Gasteiger partial charge in [0.25, 0.3) is 0 Å². The van der Waals surface area contributed by atoms with Gasteiger partial charge in [-0.3, -0.25) is 4.79 Å². The minimum atomic E-state index is 0. The molecule has 17 heavy (non-hydrogen) atoms. The highest BCUT2D eigenvalue weighted by Crippen LogP contribution is 2.11. The number of carbonyl (C=O) groups is 1. The third kappa shape index (κ3) is 6.84. The number of nitrogens with one attached hydrogen (secondary N) is 1. The molecular weight excluding hydrogens is 236 g/mol. The molecule has 0 atom stereocenters. The van der Waals surface area contributed by atoms with Crippen molar-refractivity contribution >= 4 is 24.0 Å². The number of carbonyl (C=O) groups excluding carboxylic acids is 1. The fraction of sp³-hybridized carbons (Fsp3) is 0.462. The van der Waals surface area contributed by atoms with Crippen molar-refractivity contribution in [3.05, 3.63) is 29.8 Å². The van der Waals surface area contributed by atoms with Crippen molar-refractivity contribution in [3.8, 4) is 0 Å². The van der Waals surface area contributed by atoms with Crippen LogP contribution in [-0.2, 0) is 11.2 Å². The first-order valence-electron chi connectivity index (χ1n) is 5.48. The second-order valence-electron chi connectivity index (χ2n) is 5.26. The number of nitrogens with two attached hydrogens (primary N) is 1. The molecule has 1 amide bonds. The fourth-order valence-electron chi connectivity index (χ4n) is 1.25. The van der Waals surface area contributed by atoms with Crippen LogP contribution in [0.4, 0.5) is 5.69 Å². The van der Waals surface area contributed by atoms with Crippen molar-refractivity contribution in [2.24, 2.45) is 5.41 Å². The van der Waals surface area contributed by atoms with E-state index in [2.05, 4.69) is 26.1 Å². The predicted molar refractivity (Wildman–Crippen MR) is 74.3 cm³/mol. The van der Waals surface area contributed by atoms with Gasteiger partial charge in [-0.1, -0.05) is 32.9 Å². The van der Waals surface area contributed by atoms with Gasteiger partial charge in [0, 0.05) is 12.2 Å². The normalized spacial score (nSPS) is 10.5. The van der Waals surface area contributed by atoms with Crippen LogP contribution in [0.3, 0.4) is 0 Å². The van der Waals surface area contributed by atoms with Gasteiger partial charge in [0.05, 0.1) is 6.42 Å². The lowest BCUT2D eigenvalue weighted by atomic mass is 9.97. The Kier molecular flexibility index (Phi) is 6.03. The van der Waals surface area contributed by atoms with Crippen molar-refractivity contribution in [3.63, 3.8) is 0 Å². The third-order valence-electron chi connectivity index (χ3n) is 2.16. The second-order valence-corrected chi connectivity index (χ2v) is 5.26. The van der Waals surface area contributed by atoms with E-state index in [1.54, 1.807) is 0 Å². The van der Waals surface area contributed by atoms with E-state index >= 15 is 0 Å². The van der Waals surface area contributed by atoms with Gasteiger partial charge in [0.1, 0.15) is 0 Å². The molecule has 1 rings (SSSR count). The molecule has 3 N–H and O–H groups in total. The van der Waals surface area contributed by atoms with E-state index in [-0.39, 0.29) is 23.7 Å². The molecule has 4 heteroatoms. The number of halogens is 1. The lowest BCUT2D eigenvalue weighted by Gasteiger charge is -2.18. The maximum atomic E-state index is 11.6. The number of rotatable bonds is 3. The summed E-state index contributed by atoms with van der Waals surface area (Å²) in [6, 6.07) is 7.39. The zero-order valence-corrected chi connectivity index (χ0v) is 11.4. The molecule has 0 bridgehead atoms. The summed E-state index contributed by atoms with van der Waals surface area (Å²) in [5.41, 5.74) is 7.40. The molecule has 1 aromatic carbocycles. The largest absolute Gasteiger partial charge is 0.399 e. The van der Waals surface area contributed by atoms with E-state index < -0.39 is 0 Å². The van der Waals surface area contributed by atoms with E-state index in [1.807, 2.05) is 24.3 Å². The highest BCUT2D eigenvalue weighted by Gasteiger charge is 2.11. The van der Waals surface area contributed by atoms with Gasteiger partial charge in [-0.05, 0) is 23.1 Å². The van der Waals surface area contributed by atoms with E-state index in [4.69, 9.17) is 5.73 Å². The maximum absolute atomic E-state index is 11.6. The molecule has 0 heterocycles. The Morgan fingerprint density at radius 2 is 1.76 bits per heavy atom. The predicted octanol–water partition coefficient (Wildman–Crippen LogP) is 2.40. The summed E-state index contributed by atoms with van der Waals surface area (Å²) in [6.45, 7) is 6.98. The molecule has 0 fully saturated rings. The highest BCUT2D eigenvalue weighted by molar-refractivity contribution is 5.85. The van der Waals surface area contributed by atoms with E-state index in [1.165, 1.54) is 0 Å². The van der Waals surface area contributed by atoms with Crippen molar-refractivity contribution in [1.29, 1.82) is 0 Å². The number of amides is 1. The van der Waals surface area contributed by atoms with Crippen LogP contribution in [-0.4, -0.2) is 12.5 Å². The zero-order valence-electron chi connectivity index (χ0n) is 10.6. The summed E-state index contributed by atoms with van der Waals surface area (Å²) < 4.78 is 0. The summed E-state index contributed by atoms with van der Waals surface area (Å²) in [5.74, 6) is 0.0553. The van der Waals surface area contributed by atoms with Crippen LogP contribution in [0.2, 0.25) is 0 Å². The number of hydrogen-bond donors (Lipinski definition) is 2. The molecule has 0 aliphatic carbocycles. The molecule has 0 radical (unpaired) electrons. The lowest BCUT2D eigenvalue weighted by Crippen LogP contribution is -2.33. The van der Waals surface area contributed by atoms with Gasteiger partial charge in [0.15, 0.2) is 0 Å². The average Bonchev–Trinajstić information content (AvgIpc) is 2.18. The fourth-order valence-corrected chi connectivity index (χ4v) is 1.25. The first-order chi connectivity index (χ1) is 7.37. The number of benzene rings is 1. The van der Waals surface area contributed by atoms with Gasteiger partial charge < -0.3 is 11.1 Å². The Balaban J connectivity index is 0.00000256. The van der Waals surface area contributed by atoms with Crippen LogP contribution < -0.4 is 11.1 Å². The summed E-state index contributed by atoms with van der Waals surface area (Å²) in [7, 11) is 0. The zero-order chi connectivity index (χ0) is 12.2. The molecule has 0 saturated carbocycles. The molecule has 3 nitrogen and oxygen atoms in total. The Hall–Kier alpha value is -1.22. The van der Waals surface area contributed by atoms with Crippen molar-refractivity contribution in [2.45, 2.75) is 27.2 Å². The highest BCUT2D eigenvalue weighted by atomic mass is 35.5. The molecule has 0 saturated heterocycles. The smallest absolute Gasteiger partial charge is 0.224 e. The number of hydrogen-bond acceptors (Lipinski definition) is 2. The Bertz CT molecular complexity index is 355. The monoisotopic (exact) mass is 256 g/mol. The minimum absolute atomic E-state index is 0. The van der Waals surface area contributed by atoms with E-state index in [9.17, 15) is 4.79 Å². The Labute approximate surface area is 109 Å². The molecule has 96 valence electrons. The van der Waals surface area contributed by atoms with Crippen LogP contribution in [0.1, 0.15) is 26.3 Å². The molecule has 0 aliphatic heterocycles. The molecule has 0 aliphatic rings. The summed E-state index contributed by atoms with van der Waals surface area (Å²) in [6.07, 6.45) is 0.413. The van der Waals surface area contributed by atoms with Gasteiger partial charge >= 0.3 is 0 Å². The van der Waals surface area contributed by atoms with Crippen LogP contribution in [0, 0.1) is 5.41 Å². The van der Waals surface area contributed by atoms with Crippen molar-refractivity contribution < 1.29 is 4.79 Å². The topological polar surface area (TPSA) is 55.1 Å². The van der Waals surface area contributed by atoms with Gasteiger partial charge in [-0.25, -0.2) is 0 Å². The molecule has 0 unspecified atom stereocenters. The average molecular weight is 257 g/mol. The first kappa shape index (κ1) is 15.8. The Morgan fingerprint density at radius 3 is 2.24 bits per heavy atom. The van der Waals surface area contributed by atoms with Crippen molar-refractivity contribution in [1.82, 2.24) is 5.32 Å². The van der Waals surface area contributed by atoms with E-state index in [0.29, 0.717) is 13.0 Å². The van der Waals surface area contributed by atoms with Crippen LogP contribution in [0.25, 0.3) is 0 Å². The molecule has 1 aromatic rings. The van der Waals surface area contributed by atoms with Crippen LogP contribution in [0.5, 0.6) is 0 Å². The first-order valence-corrected chi connectivity index (χ1v) is 5.48. The summed E-state index contributed by atoms with van der Waals surface area (Å²) in [5, 5.41) is 2.92. The van der Waals surface area contributed by atoms with Crippen LogP contribution >= 0.6 is 12.4 Å². The number of nitrogen functional groups attached to an aromatic ring is 1. The van der Waals surface area contributed by atoms with Gasteiger partial charge in [0.2, 0.25) is 5.91 Å². The third-order valence-corrected chi connectivity index (χ3v) is 2.16. The second kappa shape index (κ2) is 6.50. The maximum Gasteiger partial charge on any atom is 0.224 e. The summed E-state index contributed by atoms with van der Waals surface area (Å²) in [4.78, 5) is 11.6. The van der Waals surface area contributed by atoms with Crippen LogP contribution in [0.15, 0.2) is 24.3 Å². The van der Waals surface area contributed by atoms with E-state index in [0.717, 1.165) is 11.3 Å². The molecular formula is C13H21ClN2O. The van der Waals surface area contributed by atoms with Crippen molar-refractivity contribution in [2.75, 3.05) is 12.3 Å². The quantitative estimate of drug-likeness (QED) is 0.816. The van der Waals surface area contributed by atoms with Gasteiger partial charge in [-0.15, -0.1) is 12.4 Å². The van der Waals surface area contributed by atoms with Gasteiger partial charge in [-0.2, -0.15) is 0 Å². The molecule has 0 aromatic heterocycles. The standard InChI is InChI=1S/C13H20N2O.ClH/c1-13(2,3)9-15-12(16)8-10-4-6-11(14)7-5-10;/h4-7H,8-9,14H2,1-3H3,(H,15,16);1H. The number of anilines is 1. The minimum Gasteiger partial charge on any atom is -0.399 e. The lowest BCUT2D eigenvalue weighted by molar-refractivity contribution is -0.120. The summed E-state index contributed by atoms with van der Waals surface area (Å²) >= 11 is 0.